The molecule has 1 atom stereocenters. The van der Waals surface area contributed by atoms with Crippen LogP contribution in [-0.4, -0.2) is 17.2 Å². The Labute approximate surface area is 96.2 Å². The van der Waals surface area contributed by atoms with Crippen LogP contribution in [0.25, 0.3) is 0 Å². The Morgan fingerprint density at radius 1 is 1.53 bits per heavy atom. The second kappa shape index (κ2) is 4.23. The number of hydrogen-bond donors (Lipinski definition) is 1. The average molecular weight is 271 g/mol. The van der Waals surface area contributed by atoms with Gasteiger partial charge < -0.3 is 9.84 Å². The van der Waals surface area contributed by atoms with Crippen LogP contribution < -0.4 is 4.74 Å². The van der Waals surface area contributed by atoms with Crippen LogP contribution in [0, 0.1) is 5.92 Å². The summed E-state index contributed by atoms with van der Waals surface area (Å²) in [6, 6.07) is 7.24. The summed E-state index contributed by atoms with van der Waals surface area (Å²) < 4.78 is 6.34. The van der Waals surface area contributed by atoms with E-state index >= 15 is 0 Å². The van der Waals surface area contributed by atoms with Gasteiger partial charge in [-0.3, -0.25) is 0 Å². The summed E-state index contributed by atoms with van der Waals surface area (Å²) in [5.41, 5.74) is 0. The van der Waals surface area contributed by atoms with Crippen LogP contribution in [0.2, 0.25) is 0 Å². The van der Waals surface area contributed by atoms with Gasteiger partial charge in [0.15, 0.2) is 6.10 Å². The molecule has 1 aromatic rings. The van der Waals surface area contributed by atoms with Crippen LogP contribution in [0.1, 0.15) is 12.8 Å². The molecule has 0 aromatic heterocycles. The second-order valence-corrected chi connectivity index (χ2v) is 4.59. The molecule has 80 valence electrons. The van der Waals surface area contributed by atoms with E-state index in [1.807, 2.05) is 12.1 Å². The summed E-state index contributed by atoms with van der Waals surface area (Å²) in [6.07, 6.45) is 1.20. The molecular weight excluding hydrogens is 260 g/mol. The number of rotatable bonds is 4. The molecule has 1 aromatic carbocycles. The molecule has 15 heavy (non-hydrogen) atoms. The molecule has 0 amide bonds. The lowest BCUT2D eigenvalue weighted by Crippen LogP contribution is -2.29. The van der Waals surface area contributed by atoms with E-state index in [-0.39, 0.29) is 5.92 Å². The fraction of sp³-hybridized carbons (Fsp3) is 0.364. The minimum Gasteiger partial charge on any atom is -0.478 e. The molecule has 0 aliphatic heterocycles. The molecule has 4 heteroatoms. The third kappa shape index (κ3) is 2.72. The van der Waals surface area contributed by atoms with Crippen molar-refractivity contribution in [2.45, 2.75) is 18.9 Å². The minimum absolute atomic E-state index is 0.182. The molecule has 0 spiro atoms. The maximum atomic E-state index is 10.9. The molecule has 0 heterocycles. The number of carbonyl (C=O) groups is 1. The van der Waals surface area contributed by atoms with Gasteiger partial charge in [-0.1, -0.05) is 22.0 Å². The second-order valence-electron chi connectivity index (χ2n) is 3.67. The Kier molecular flexibility index (Phi) is 2.95. The van der Waals surface area contributed by atoms with Gasteiger partial charge in [-0.15, -0.1) is 0 Å². The van der Waals surface area contributed by atoms with Crippen LogP contribution in [0.4, 0.5) is 0 Å². The Balaban J connectivity index is 2.08. The van der Waals surface area contributed by atoms with Crippen molar-refractivity contribution in [3.8, 4) is 5.75 Å². The highest BCUT2D eigenvalue weighted by atomic mass is 79.9. The lowest BCUT2D eigenvalue weighted by atomic mass is 10.2. The molecule has 0 radical (unpaired) electrons. The highest BCUT2D eigenvalue weighted by Crippen LogP contribution is 2.35. The van der Waals surface area contributed by atoms with Gasteiger partial charge in [0.2, 0.25) is 0 Å². The zero-order valence-corrected chi connectivity index (χ0v) is 9.61. The summed E-state index contributed by atoms with van der Waals surface area (Å²) >= 11 is 3.31. The zero-order chi connectivity index (χ0) is 10.8. The van der Waals surface area contributed by atoms with Gasteiger partial charge in [0.1, 0.15) is 5.75 Å². The van der Waals surface area contributed by atoms with Gasteiger partial charge in [-0.2, -0.15) is 0 Å². The van der Waals surface area contributed by atoms with E-state index in [2.05, 4.69) is 15.9 Å². The molecule has 3 nitrogen and oxygen atoms in total. The predicted octanol–water partition coefficient (Wildman–Crippen LogP) is 2.69. The summed E-state index contributed by atoms with van der Waals surface area (Å²) in [4.78, 5) is 10.9. The zero-order valence-electron chi connectivity index (χ0n) is 8.02. The van der Waals surface area contributed by atoms with Crippen molar-refractivity contribution in [1.29, 1.82) is 0 Å². The molecule has 2 rings (SSSR count). The van der Waals surface area contributed by atoms with E-state index in [0.29, 0.717) is 5.75 Å². The number of hydrogen-bond acceptors (Lipinski definition) is 2. The van der Waals surface area contributed by atoms with Crippen molar-refractivity contribution in [3.63, 3.8) is 0 Å². The number of benzene rings is 1. The minimum atomic E-state index is -0.877. The molecule has 0 saturated heterocycles. The third-order valence-corrected chi connectivity index (χ3v) is 2.85. The van der Waals surface area contributed by atoms with Crippen molar-refractivity contribution < 1.29 is 14.6 Å². The SMILES string of the molecule is O=C(O)C(Oc1cccc(Br)c1)C1CC1. The van der Waals surface area contributed by atoms with Crippen molar-refractivity contribution in [1.82, 2.24) is 0 Å². The predicted molar refractivity (Wildman–Crippen MR) is 58.9 cm³/mol. The van der Waals surface area contributed by atoms with E-state index in [4.69, 9.17) is 9.84 Å². The van der Waals surface area contributed by atoms with Gasteiger partial charge in [-0.05, 0) is 31.0 Å². The quantitative estimate of drug-likeness (QED) is 0.915. The Hall–Kier alpha value is -1.03. The number of carboxylic acids is 1. The molecule has 1 N–H and O–H groups in total. The Morgan fingerprint density at radius 3 is 2.80 bits per heavy atom. The number of aliphatic carboxylic acids is 1. The van der Waals surface area contributed by atoms with Crippen LogP contribution in [0.5, 0.6) is 5.75 Å². The standard InChI is InChI=1S/C11H11BrO3/c12-8-2-1-3-9(6-8)15-10(11(13)14)7-4-5-7/h1-3,6-7,10H,4-5H2,(H,13,14). The molecule has 1 fully saturated rings. The fourth-order valence-corrected chi connectivity index (χ4v) is 1.81. The first-order chi connectivity index (χ1) is 7.16. The molecule has 1 aliphatic rings. The topological polar surface area (TPSA) is 46.5 Å². The van der Waals surface area contributed by atoms with Crippen molar-refractivity contribution >= 4 is 21.9 Å². The lowest BCUT2D eigenvalue weighted by molar-refractivity contribution is -0.146. The first-order valence-corrected chi connectivity index (χ1v) is 5.61. The van der Waals surface area contributed by atoms with E-state index in [1.54, 1.807) is 12.1 Å². The Bertz CT molecular complexity index is 374. The smallest absolute Gasteiger partial charge is 0.345 e. The van der Waals surface area contributed by atoms with Crippen molar-refractivity contribution in [2.75, 3.05) is 0 Å². The van der Waals surface area contributed by atoms with E-state index in [9.17, 15) is 4.79 Å². The summed E-state index contributed by atoms with van der Waals surface area (Å²) in [5.74, 6) is -0.0948. The van der Waals surface area contributed by atoms with Crippen LogP contribution in [-0.2, 0) is 4.79 Å². The van der Waals surface area contributed by atoms with Crippen molar-refractivity contribution in [3.05, 3.63) is 28.7 Å². The van der Waals surface area contributed by atoms with Gasteiger partial charge in [-0.25, -0.2) is 4.79 Å². The van der Waals surface area contributed by atoms with E-state index in [1.165, 1.54) is 0 Å². The molecular formula is C11H11BrO3. The average Bonchev–Trinajstić information content (AvgIpc) is 2.97. The summed E-state index contributed by atoms with van der Waals surface area (Å²) in [5, 5.41) is 8.98. The summed E-state index contributed by atoms with van der Waals surface area (Å²) in [7, 11) is 0. The van der Waals surface area contributed by atoms with Crippen LogP contribution in [0.15, 0.2) is 28.7 Å². The molecule has 1 aliphatic carbocycles. The molecule has 1 unspecified atom stereocenters. The third-order valence-electron chi connectivity index (χ3n) is 2.35. The van der Waals surface area contributed by atoms with Gasteiger partial charge in [0.25, 0.3) is 0 Å². The first-order valence-electron chi connectivity index (χ1n) is 4.82. The van der Waals surface area contributed by atoms with Gasteiger partial charge >= 0.3 is 5.97 Å². The molecule has 1 saturated carbocycles. The normalized spacial score (nSPS) is 17.1. The Morgan fingerprint density at radius 2 is 2.27 bits per heavy atom. The van der Waals surface area contributed by atoms with Crippen molar-refractivity contribution in [2.24, 2.45) is 5.92 Å². The maximum Gasteiger partial charge on any atom is 0.345 e. The van der Waals surface area contributed by atoms with Crippen LogP contribution in [0.3, 0.4) is 0 Å². The van der Waals surface area contributed by atoms with Crippen LogP contribution >= 0.6 is 15.9 Å². The van der Waals surface area contributed by atoms with E-state index in [0.717, 1.165) is 17.3 Å². The van der Waals surface area contributed by atoms with Gasteiger partial charge in [0, 0.05) is 10.4 Å². The lowest BCUT2D eigenvalue weighted by Gasteiger charge is -2.14. The number of ether oxygens (including phenoxy) is 1. The summed E-state index contributed by atoms with van der Waals surface area (Å²) in [6.45, 7) is 0. The number of halogens is 1. The monoisotopic (exact) mass is 270 g/mol. The highest BCUT2D eigenvalue weighted by molar-refractivity contribution is 9.10. The maximum absolute atomic E-state index is 10.9. The van der Waals surface area contributed by atoms with E-state index < -0.39 is 12.1 Å². The number of carboxylic acid groups (broad SMARTS) is 1. The first kappa shape index (κ1) is 10.5. The highest BCUT2D eigenvalue weighted by Gasteiger charge is 2.38. The molecule has 0 bridgehead atoms. The fourth-order valence-electron chi connectivity index (χ4n) is 1.43. The van der Waals surface area contributed by atoms with Gasteiger partial charge in [0.05, 0.1) is 0 Å². The largest absolute Gasteiger partial charge is 0.478 e.